The molecule has 2 atom stereocenters. The second-order valence-electron chi connectivity index (χ2n) is 5.61. The van der Waals surface area contributed by atoms with Gasteiger partial charge >= 0.3 is 0 Å². The fourth-order valence-electron chi connectivity index (χ4n) is 3.06. The molecule has 2 nitrogen and oxygen atoms in total. The smallest absolute Gasteiger partial charge is 0.128 e. The van der Waals surface area contributed by atoms with Gasteiger partial charge < -0.3 is 0 Å². The maximum Gasteiger partial charge on any atom is 0.128 e. The molecule has 20 heavy (non-hydrogen) atoms. The summed E-state index contributed by atoms with van der Waals surface area (Å²) in [6, 6.07) is 13.1. The van der Waals surface area contributed by atoms with Crippen LogP contribution in [0.3, 0.4) is 0 Å². The lowest BCUT2D eigenvalue weighted by molar-refractivity contribution is 0.338. The zero-order valence-electron chi connectivity index (χ0n) is 12.3. The second kappa shape index (κ2) is 5.74. The highest BCUT2D eigenvalue weighted by molar-refractivity contribution is 5.29. The van der Waals surface area contributed by atoms with Crippen LogP contribution in [0.25, 0.3) is 0 Å². The first-order valence-electron chi connectivity index (χ1n) is 7.73. The van der Waals surface area contributed by atoms with Gasteiger partial charge in [-0.2, -0.15) is 0 Å². The van der Waals surface area contributed by atoms with Gasteiger partial charge in [0.25, 0.3) is 0 Å². The van der Waals surface area contributed by atoms with Crippen LogP contribution >= 0.6 is 0 Å². The van der Waals surface area contributed by atoms with Crippen LogP contribution in [-0.4, -0.2) is 9.97 Å². The lowest BCUT2D eigenvalue weighted by atomic mass is 9.68. The fourth-order valence-corrected chi connectivity index (χ4v) is 3.06. The average molecular weight is 266 g/mol. The molecule has 2 heteroatoms. The van der Waals surface area contributed by atoms with E-state index in [0.29, 0.717) is 11.8 Å². The molecule has 0 aliphatic heterocycles. The predicted octanol–water partition coefficient (Wildman–Crippen LogP) is 4.26. The number of rotatable bonds is 4. The van der Waals surface area contributed by atoms with E-state index >= 15 is 0 Å². The minimum atomic E-state index is 0.580. The van der Waals surface area contributed by atoms with Crippen LogP contribution in [0.15, 0.2) is 36.4 Å². The van der Waals surface area contributed by atoms with Crippen molar-refractivity contribution in [3.05, 3.63) is 59.2 Å². The second-order valence-corrected chi connectivity index (χ2v) is 5.61. The Morgan fingerprint density at radius 3 is 2.30 bits per heavy atom. The molecule has 0 unspecified atom stereocenters. The normalized spacial score (nSPS) is 21.5. The summed E-state index contributed by atoms with van der Waals surface area (Å²) in [6.07, 6.45) is 4.44. The van der Waals surface area contributed by atoms with Crippen molar-refractivity contribution in [2.45, 2.75) is 51.4 Å². The molecular formula is C18H22N2. The highest BCUT2D eigenvalue weighted by Crippen LogP contribution is 2.48. The van der Waals surface area contributed by atoms with Gasteiger partial charge in [0.15, 0.2) is 0 Å². The van der Waals surface area contributed by atoms with Gasteiger partial charge in [0, 0.05) is 23.7 Å². The van der Waals surface area contributed by atoms with Crippen molar-refractivity contribution in [3.8, 4) is 0 Å². The molecule has 0 amide bonds. The number of hydrogen-bond acceptors (Lipinski definition) is 2. The molecule has 2 aromatic rings. The Morgan fingerprint density at radius 1 is 0.950 bits per heavy atom. The molecule has 0 N–H and O–H groups in total. The molecule has 1 aliphatic rings. The van der Waals surface area contributed by atoms with Crippen LogP contribution < -0.4 is 0 Å². The number of aryl methyl sites for hydroxylation is 2. The first-order valence-corrected chi connectivity index (χ1v) is 7.73. The summed E-state index contributed by atoms with van der Waals surface area (Å²) in [5.41, 5.74) is 3.90. The highest BCUT2D eigenvalue weighted by Gasteiger charge is 2.34. The van der Waals surface area contributed by atoms with E-state index in [4.69, 9.17) is 4.98 Å². The first-order chi connectivity index (χ1) is 9.81. The third kappa shape index (κ3) is 2.47. The van der Waals surface area contributed by atoms with E-state index in [1.165, 1.54) is 29.8 Å². The van der Waals surface area contributed by atoms with Gasteiger partial charge in [-0.3, -0.25) is 0 Å². The van der Waals surface area contributed by atoms with E-state index in [9.17, 15) is 0 Å². The lowest BCUT2D eigenvalue weighted by Gasteiger charge is -2.37. The van der Waals surface area contributed by atoms with Crippen molar-refractivity contribution in [2.75, 3.05) is 0 Å². The Bertz CT molecular complexity index is 555. The van der Waals surface area contributed by atoms with Crippen molar-refractivity contribution >= 4 is 0 Å². The van der Waals surface area contributed by atoms with Gasteiger partial charge in [0.1, 0.15) is 5.82 Å². The maximum atomic E-state index is 4.79. The van der Waals surface area contributed by atoms with Crippen molar-refractivity contribution in [2.24, 2.45) is 0 Å². The van der Waals surface area contributed by atoms with Crippen molar-refractivity contribution in [1.82, 2.24) is 9.97 Å². The molecule has 1 aromatic heterocycles. The molecule has 0 spiro atoms. The minimum Gasteiger partial charge on any atom is -0.238 e. The molecule has 1 fully saturated rings. The van der Waals surface area contributed by atoms with Crippen molar-refractivity contribution < 1.29 is 0 Å². The summed E-state index contributed by atoms with van der Waals surface area (Å²) < 4.78 is 0. The zero-order valence-corrected chi connectivity index (χ0v) is 12.3. The summed E-state index contributed by atoms with van der Waals surface area (Å²) >= 11 is 0. The number of aromatic nitrogens is 2. The average Bonchev–Trinajstić information content (AvgIpc) is 2.46. The summed E-state index contributed by atoms with van der Waals surface area (Å²) in [5, 5.41) is 0. The van der Waals surface area contributed by atoms with Crippen LogP contribution in [0.1, 0.15) is 61.3 Å². The highest BCUT2D eigenvalue weighted by atomic mass is 14.9. The van der Waals surface area contributed by atoms with E-state index < -0.39 is 0 Å². The molecule has 1 heterocycles. The molecule has 1 saturated carbocycles. The third-order valence-corrected chi connectivity index (χ3v) is 4.41. The molecule has 104 valence electrons. The topological polar surface area (TPSA) is 25.8 Å². The summed E-state index contributed by atoms with van der Waals surface area (Å²) in [4.78, 5) is 9.38. The minimum absolute atomic E-state index is 0.580. The van der Waals surface area contributed by atoms with E-state index in [0.717, 1.165) is 18.7 Å². The van der Waals surface area contributed by atoms with Crippen LogP contribution in [0.2, 0.25) is 0 Å². The number of nitrogens with zero attached hydrogens (tertiary/aromatic N) is 2. The Labute approximate surface area is 121 Å². The molecule has 1 aliphatic carbocycles. The monoisotopic (exact) mass is 266 g/mol. The summed E-state index contributed by atoms with van der Waals surface area (Å²) in [7, 11) is 0. The number of benzene rings is 1. The summed E-state index contributed by atoms with van der Waals surface area (Å²) in [6.45, 7) is 4.30. The van der Waals surface area contributed by atoms with E-state index in [-0.39, 0.29) is 0 Å². The fraction of sp³-hybridized carbons (Fsp3) is 0.444. The van der Waals surface area contributed by atoms with Gasteiger partial charge in [0.05, 0.1) is 0 Å². The van der Waals surface area contributed by atoms with Gasteiger partial charge in [-0.25, -0.2) is 9.97 Å². The lowest BCUT2D eigenvalue weighted by Crippen LogP contribution is -2.23. The third-order valence-electron chi connectivity index (χ3n) is 4.41. The maximum absolute atomic E-state index is 4.79. The van der Waals surface area contributed by atoms with Crippen molar-refractivity contribution in [3.63, 3.8) is 0 Å². The molecule has 0 radical (unpaired) electrons. The van der Waals surface area contributed by atoms with Gasteiger partial charge in [-0.05, 0) is 36.8 Å². The van der Waals surface area contributed by atoms with E-state index in [1.807, 2.05) is 0 Å². The zero-order chi connectivity index (χ0) is 13.9. The molecule has 0 saturated heterocycles. The van der Waals surface area contributed by atoms with Gasteiger partial charge in [-0.15, -0.1) is 0 Å². The van der Waals surface area contributed by atoms with E-state index in [2.05, 4.69) is 55.2 Å². The van der Waals surface area contributed by atoms with Crippen LogP contribution in [-0.2, 0) is 12.8 Å². The molecule has 1 aromatic carbocycles. The Balaban J connectivity index is 1.89. The molecule has 3 rings (SSSR count). The first kappa shape index (κ1) is 13.3. The molecular weight excluding hydrogens is 244 g/mol. The SMILES string of the molecule is CCc1cc([C@@H]2CC[C@@H]2c2ccccc2)nc(CC)n1. The predicted molar refractivity (Wildman–Crippen MR) is 81.9 cm³/mol. The van der Waals surface area contributed by atoms with Crippen LogP contribution in [0.4, 0.5) is 0 Å². The number of hydrogen-bond donors (Lipinski definition) is 0. The standard InChI is InChI=1S/C18H22N2/c1-3-14-12-17(20-18(4-2)19-14)16-11-10-15(16)13-8-6-5-7-9-13/h5-9,12,15-16H,3-4,10-11H2,1-2H3/t15-,16-/m1/s1. The quantitative estimate of drug-likeness (QED) is 0.826. The Kier molecular flexibility index (Phi) is 3.81. The van der Waals surface area contributed by atoms with Gasteiger partial charge in [0.2, 0.25) is 0 Å². The summed E-state index contributed by atoms with van der Waals surface area (Å²) in [5.74, 6) is 2.22. The van der Waals surface area contributed by atoms with Crippen LogP contribution in [0, 0.1) is 0 Å². The Morgan fingerprint density at radius 2 is 1.70 bits per heavy atom. The molecule has 0 bridgehead atoms. The van der Waals surface area contributed by atoms with E-state index in [1.54, 1.807) is 0 Å². The van der Waals surface area contributed by atoms with Gasteiger partial charge in [-0.1, -0.05) is 44.2 Å². The van der Waals surface area contributed by atoms with Crippen molar-refractivity contribution in [1.29, 1.82) is 0 Å². The van der Waals surface area contributed by atoms with Crippen LogP contribution in [0.5, 0.6) is 0 Å². The largest absolute Gasteiger partial charge is 0.238 e. The Hall–Kier alpha value is -1.70.